The third-order valence-electron chi connectivity index (χ3n) is 4.00. The number of methoxy groups -OCH3 is 1. The summed E-state index contributed by atoms with van der Waals surface area (Å²) in [6.07, 6.45) is 8.17. The van der Waals surface area contributed by atoms with Crippen molar-refractivity contribution in [1.29, 1.82) is 0 Å². The predicted octanol–water partition coefficient (Wildman–Crippen LogP) is 3.13. The Labute approximate surface area is 152 Å². The molecule has 0 bridgehead atoms. The Morgan fingerprint density at radius 3 is 2.58 bits per heavy atom. The summed E-state index contributed by atoms with van der Waals surface area (Å²) in [5.41, 5.74) is 3.55. The highest BCUT2D eigenvalue weighted by Crippen LogP contribution is 2.27. The number of aliphatic imine (C=N–C) groups is 1. The summed E-state index contributed by atoms with van der Waals surface area (Å²) in [6.45, 7) is 2.77. The van der Waals surface area contributed by atoms with E-state index in [1.807, 2.05) is 24.3 Å². The summed E-state index contributed by atoms with van der Waals surface area (Å²) in [5.74, 6) is 0.720. The smallest absolute Gasteiger partial charge is 0.181 e. The topological polar surface area (TPSA) is 71.4 Å². The van der Waals surface area contributed by atoms with Gasteiger partial charge in [0.05, 0.1) is 18.0 Å². The molecule has 0 saturated heterocycles. The van der Waals surface area contributed by atoms with Crippen molar-refractivity contribution in [1.82, 2.24) is 5.06 Å². The van der Waals surface area contributed by atoms with Gasteiger partial charge in [-0.1, -0.05) is 0 Å². The summed E-state index contributed by atoms with van der Waals surface area (Å²) in [6, 6.07) is 7.39. The molecule has 0 aromatic heterocycles. The van der Waals surface area contributed by atoms with Gasteiger partial charge in [0.1, 0.15) is 18.7 Å². The molecule has 26 heavy (non-hydrogen) atoms. The van der Waals surface area contributed by atoms with Gasteiger partial charge < -0.3 is 9.47 Å². The Morgan fingerprint density at radius 2 is 1.88 bits per heavy atom. The highest BCUT2D eigenvalue weighted by atomic mass is 16.5. The number of nitrogens with zero attached hydrogens (tertiary/aromatic N) is 2. The molecule has 0 atom stereocenters. The quantitative estimate of drug-likeness (QED) is 0.825. The van der Waals surface area contributed by atoms with Crippen molar-refractivity contribution in [2.45, 2.75) is 6.92 Å². The van der Waals surface area contributed by atoms with Crippen LogP contribution in [0.25, 0.3) is 5.70 Å². The van der Waals surface area contributed by atoms with Gasteiger partial charge in [-0.05, 0) is 61.1 Å². The first-order valence-electron chi connectivity index (χ1n) is 8.19. The van der Waals surface area contributed by atoms with Gasteiger partial charge in [0.15, 0.2) is 5.78 Å². The van der Waals surface area contributed by atoms with Crippen molar-refractivity contribution in [3.05, 3.63) is 71.0 Å². The lowest BCUT2D eigenvalue weighted by molar-refractivity contribution is -0.111. The van der Waals surface area contributed by atoms with Gasteiger partial charge in [0.25, 0.3) is 0 Å². The number of allylic oxidation sites excluding steroid dienone is 6. The SMILES string of the molecule is COCCOc1ccc(C2=CC(=C3C=CC(=O)C(C)=C3)N=CN2O)cc1. The van der Waals surface area contributed by atoms with Gasteiger partial charge in [-0.15, -0.1) is 0 Å². The summed E-state index contributed by atoms with van der Waals surface area (Å²) >= 11 is 0. The average Bonchev–Trinajstić information content (AvgIpc) is 2.65. The molecule has 1 aromatic rings. The van der Waals surface area contributed by atoms with E-state index in [0.29, 0.717) is 30.2 Å². The largest absolute Gasteiger partial charge is 0.491 e. The van der Waals surface area contributed by atoms with Crippen molar-refractivity contribution < 1.29 is 19.5 Å². The van der Waals surface area contributed by atoms with Crippen LogP contribution in [0.3, 0.4) is 0 Å². The second-order valence-electron chi connectivity index (χ2n) is 5.85. The van der Waals surface area contributed by atoms with Crippen molar-refractivity contribution in [2.24, 2.45) is 4.99 Å². The standard InChI is InChI=1S/C20H20N2O4/c1-14-11-16(5-8-20(14)23)18-12-19(22(24)13-21-18)15-3-6-17(7-4-15)26-10-9-25-2/h3-8,11-13,24H,9-10H2,1-2H3. The highest BCUT2D eigenvalue weighted by molar-refractivity contribution is 6.05. The lowest BCUT2D eigenvalue weighted by atomic mass is 9.99. The molecule has 1 aliphatic heterocycles. The first-order valence-corrected chi connectivity index (χ1v) is 8.19. The molecule has 0 amide bonds. The molecule has 6 heteroatoms. The van der Waals surface area contributed by atoms with E-state index in [0.717, 1.165) is 21.9 Å². The Kier molecular flexibility index (Phi) is 5.46. The molecule has 2 aliphatic rings. The minimum Gasteiger partial charge on any atom is -0.491 e. The van der Waals surface area contributed by atoms with E-state index in [2.05, 4.69) is 4.99 Å². The summed E-state index contributed by atoms with van der Waals surface area (Å²) in [4.78, 5) is 15.8. The highest BCUT2D eigenvalue weighted by Gasteiger charge is 2.16. The monoisotopic (exact) mass is 352 g/mol. The maximum absolute atomic E-state index is 11.6. The molecule has 134 valence electrons. The molecule has 0 radical (unpaired) electrons. The van der Waals surface area contributed by atoms with Gasteiger partial charge in [0.2, 0.25) is 0 Å². The fourth-order valence-corrected chi connectivity index (χ4v) is 2.56. The molecule has 1 heterocycles. The minimum absolute atomic E-state index is 0.00816. The van der Waals surface area contributed by atoms with Crippen LogP contribution < -0.4 is 4.74 Å². The molecule has 1 aromatic carbocycles. The number of rotatable bonds is 5. The first kappa shape index (κ1) is 17.8. The van der Waals surface area contributed by atoms with Crippen LogP contribution in [-0.4, -0.2) is 42.7 Å². The summed E-state index contributed by atoms with van der Waals surface area (Å²) < 4.78 is 10.5. The molecule has 3 rings (SSSR count). The van der Waals surface area contributed by atoms with Crippen LogP contribution in [-0.2, 0) is 9.53 Å². The number of carbonyl (C=O) groups is 1. The number of ketones is 1. The van der Waals surface area contributed by atoms with Crippen LogP contribution in [0.1, 0.15) is 12.5 Å². The average molecular weight is 352 g/mol. The lowest BCUT2D eigenvalue weighted by Gasteiger charge is -2.21. The molecular weight excluding hydrogens is 332 g/mol. The Hall–Kier alpha value is -2.96. The predicted molar refractivity (Wildman–Crippen MR) is 98.8 cm³/mol. The number of ether oxygens (including phenoxy) is 2. The van der Waals surface area contributed by atoms with Gasteiger partial charge in [0, 0.05) is 18.2 Å². The maximum Gasteiger partial charge on any atom is 0.181 e. The molecule has 0 unspecified atom stereocenters. The Morgan fingerprint density at radius 1 is 1.12 bits per heavy atom. The zero-order chi connectivity index (χ0) is 18.5. The van der Waals surface area contributed by atoms with Crippen molar-refractivity contribution in [3.63, 3.8) is 0 Å². The van der Waals surface area contributed by atoms with E-state index < -0.39 is 0 Å². The molecular formula is C20H20N2O4. The van der Waals surface area contributed by atoms with Gasteiger partial charge >= 0.3 is 0 Å². The molecule has 1 aliphatic carbocycles. The van der Waals surface area contributed by atoms with Crippen LogP contribution in [0.15, 0.2) is 70.4 Å². The Balaban J connectivity index is 1.86. The number of benzene rings is 1. The third kappa shape index (κ3) is 3.99. The van der Waals surface area contributed by atoms with Crippen molar-refractivity contribution in [2.75, 3.05) is 20.3 Å². The first-order chi connectivity index (χ1) is 12.6. The van der Waals surface area contributed by atoms with Crippen molar-refractivity contribution in [3.8, 4) is 5.75 Å². The van der Waals surface area contributed by atoms with Crippen LogP contribution >= 0.6 is 0 Å². The number of carbonyl (C=O) groups excluding carboxylic acids is 1. The van der Waals surface area contributed by atoms with E-state index >= 15 is 0 Å². The van der Waals surface area contributed by atoms with E-state index in [4.69, 9.17) is 9.47 Å². The number of hydrogen-bond acceptors (Lipinski definition) is 6. The van der Waals surface area contributed by atoms with E-state index in [-0.39, 0.29) is 5.78 Å². The van der Waals surface area contributed by atoms with Crippen molar-refractivity contribution >= 4 is 17.8 Å². The van der Waals surface area contributed by atoms with Crippen LogP contribution in [0.4, 0.5) is 0 Å². The van der Waals surface area contributed by atoms with Gasteiger partial charge in [-0.3, -0.25) is 10.0 Å². The molecule has 0 spiro atoms. The zero-order valence-electron chi connectivity index (χ0n) is 14.7. The van der Waals surface area contributed by atoms with Crippen LogP contribution in [0.5, 0.6) is 5.75 Å². The summed E-state index contributed by atoms with van der Waals surface area (Å²) in [5, 5.41) is 11.1. The molecule has 0 fully saturated rings. The molecule has 0 saturated carbocycles. The van der Waals surface area contributed by atoms with Crippen LogP contribution in [0, 0.1) is 0 Å². The minimum atomic E-state index is -0.00816. The zero-order valence-corrected chi connectivity index (χ0v) is 14.7. The number of hydroxylamine groups is 2. The maximum atomic E-state index is 11.6. The van der Waals surface area contributed by atoms with E-state index in [1.54, 1.807) is 32.3 Å². The fourth-order valence-electron chi connectivity index (χ4n) is 2.56. The second kappa shape index (κ2) is 7.95. The van der Waals surface area contributed by atoms with Gasteiger partial charge in [-0.2, -0.15) is 0 Å². The number of hydrogen-bond donors (Lipinski definition) is 1. The lowest BCUT2D eigenvalue weighted by Crippen LogP contribution is -2.19. The summed E-state index contributed by atoms with van der Waals surface area (Å²) in [7, 11) is 1.62. The van der Waals surface area contributed by atoms with Crippen LogP contribution in [0.2, 0.25) is 0 Å². The Bertz CT molecular complexity index is 845. The van der Waals surface area contributed by atoms with E-state index in [1.165, 1.54) is 12.4 Å². The third-order valence-corrected chi connectivity index (χ3v) is 4.00. The van der Waals surface area contributed by atoms with E-state index in [9.17, 15) is 10.0 Å². The second-order valence-corrected chi connectivity index (χ2v) is 5.85. The molecule has 6 nitrogen and oxygen atoms in total. The molecule has 1 N–H and O–H groups in total. The normalized spacial score (nSPS) is 19.5. The fraction of sp³-hybridized carbons (Fsp3) is 0.200. The van der Waals surface area contributed by atoms with Gasteiger partial charge in [-0.25, -0.2) is 10.1 Å².